The fraction of sp³-hybridized carbons (Fsp3) is 0.438. The van der Waals surface area contributed by atoms with Gasteiger partial charge in [-0.1, -0.05) is 17.7 Å². The van der Waals surface area contributed by atoms with Gasteiger partial charge in [0.1, 0.15) is 0 Å². The Kier molecular flexibility index (Phi) is 5.90. The highest BCUT2D eigenvalue weighted by molar-refractivity contribution is 9.10. The van der Waals surface area contributed by atoms with Crippen LogP contribution in [0, 0.1) is 13.8 Å². The summed E-state index contributed by atoms with van der Waals surface area (Å²) < 4.78 is 2.97. The highest BCUT2D eigenvalue weighted by Crippen LogP contribution is 2.25. The van der Waals surface area contributed by atoms with Crippen molar-refractivity contribution >= 4 is 27.7 Å². The van der Waals surface area contributed by atoms with Crippen LogP contribution >= 0.6 is 27.7 Å². The molecular weight excluding hydrogens is 348 g/mol. The molecule has 0 saturated heterocycles. The van der Waals surface area contributed by atoms with Crippen molar-refractivity contribution < 1.29 is 5.11 Å². The lowest BCUT2D eigenvalue weighted by atomic mass is 10.2. The van der Waals surface area contributed by atoms with E-state index in [0.29, 0.717) is 12.2 Å². The van der Waals surface area contributed by atoms with E-state index in [0.717, 1.165) is 22.4 Å². The van der Waals surface area contributed by atoms with Gasteiger partial charge in [-0.15, -0.1) is 11.8 Å². The number of hydrogen-bond donors (Lipinski definition) is 1. The molecule has 2 aromatic rings. The number of hydrogen-bond acceptors (Lipinski definition) is 3. The molecular formula is C16H21BrN2OS. The molecule has 0 bridgehead atoms. The normalized spacial score (nSPS) is 12.6. The Morgan fingerprint density at radius 1 is 1.29 bits per heavy atom. The van der Waals surface area contributed by atoms with E-state index in [1.165, 1.54) is 10.5 Å². The lowest BCUT2D eigenvalue weighted by Crippen LogP contribution is -2.17. The molecule has 21 heavy (non-hydrogen) atoms. The fourth-order valence-electron chi connectivity index (χ4n) is 2.17. The maximum absolute atomic E-state index is 10.3. The first-order valence-corrected chi connectivity index (χ1v) is 8.88. The van der Waals surface area contributed by atoms with Crippen LogP contribution in [0.3, 0.4) is 0 Å². The summed E-state index contributed by atoms with van der Waals surface area (Å²) in [7, 11) is 0. The van der Waals surface area contributed by atoms with E-state index in [4.69, 9.17) is 0 Å². The minimum atomic E-state index is -0.381. The van der Waals surface area contributed by atoms with Crippen LogP contribution in [0.1, 0.15) is 23.9 Å². The lowest BCUT2D eigenvalue weighted by molar-refractivity contribution is 0.196. The molecule has 0 amide bonds. The average Bonchev–Trinajstić information content (AvgIpc) is 2.74. The summed E-state index contributed by atoms with van der Waals surface area (Å²) in [6.45, 7) is 6.94. The first-order chi connectivity index (χ1) is 10.0. The van der Waals surface area contributed by atoms with Gasteiger partial charge in [0.25, 0.3) is 0 Å². The molecule has 1 unspecified atom stereocenters. The maximum atomic E-state index is 10.3. The molecule has 1 aromatic carbocycles. The van der Waals surface area contributed by atoms with E-state index in [1.807, 2.05) is 11.6 Å². The zero-order valence-corrected chi connectivity index (χ0v) is 15.0. The molecule has 114 valence electrons. The zero-order valence-electron chi connectivity index (χ0n) is 12.6. The van der Waals surface area contributed by atoms with Crippen LogP contribution in [-0.2, 0) is 13.0 Å². The zero-order chi connectivity index (χ0) is 15.4. The summed E-state index contributed by atoms with van der Waals surface area (Å²) >= 11 is 5.26. The number of aliphatic hydroxyl groups excluding tert-OH is 1. The SMILES string of the molecule is CCn1nc(C)c(Br)c1CC(O)CSc1ccc(C)cc1. The maximum Gasteiger partial charge on any atom is 0.0738 e. The van der Waals surface area contributed by atoms with E-state index < -0.39 is 0 Å². The van der Waals surface area contributed by atoms with Crippen molar-refractivity contribution in [2.45, 2.75) is 44.7 Å². The van der Waals surface area contributed by atoms with Gasteiger partial charge in [-0.05, 0) is 48.8 Å². The highest BCUT2D eigenvalue weighted by Gasteiger charge is 2.16. The molecule has 0 spiro atoms. The summed E-state index contributed by atoms with van der Waals surface area (Å²) in [5, 5.41) is 14.8. The number of nitrogens with zero attached hydrogens (tertiary/aromatic N) is 2. The van der Waals surface area contributed by atoms with E-state index in [-0.39, 0.29) is 6.10 Å². The average molecular weight is 369 g/mol. The molecule has 2 rings (SSSR count). The molecule has 1 aromatic heterocycles. The quantitative estimate of drug-likeness (QED) is 0.783. The van der Waals surface area contributed by atoms with Crippen molar-refractivity contribution in [2.75, 3.05) is 5.75 Å². The van der Waals surface area contributed by atoms with E-state index >= 15 is 0 Å². The number of halogens is 1. The Morgan fingerprint density at radius 3 is 2.57 bits per heavy atom. The van der Waals surface area contributed by atoms with Crippen molar-refractivity contribution in [3.05, 3.63) is 45.7 Å². The fourth-order valence-corrected chi connectivity index (χ4v) is 3.45. The van der Waals surface area contributed by atoms with Crippen molar-refractivity contribution in [1.82, 2.24) is 9.78 Å². The van der Waals surface area contributed by atoms with Crippen LogP contribution < -0.4 is 0 Å². The molecule has 0 radical (unpaired) electrons. The highest BCUT2D eigenvalue weighted by atomic mass is 79.9. The molecule has 1 atom stereocenters. The third-order valence-electron chi connectivity index (χ3n) is 3.35. The Labute approximate surface area is 138 Å². The van der Waals surface area contributed by atoms with Crippen LogP contribution in [0.25, 0.3) is 0 Å². The third-order valence-corrected chi connectivity index (χ3v) is 5.53. The second-order valence-corrected chi connectivity index (χ2v) is 7.03. The molecule has 0 aliphatic rings. The predicted molar refractivity (Wildman–Crippen MR) is 92.0 cm³/mol. The van der Waals surface area contributed by atoms with Crippen LogP contribution in [0.4, 0.5) is 0 Å². The second kappa shape index (κ2) is 7.47. The van der Waals surface area contributed by atoms with Gasteiger partial charge in [-0.25, -0.2) is 0 Å². The van der Waals surface area contributed by atoms with Crippen LogP contribution in [0.15, 0.2) is 33.6 Å². The Morgan fingerprint density at radius 2 is 1.95 bits per heavy atom. The van der Waals surface area contributed by atoms with Crippen LogP contribution in [0.5, 0.6) is 0 Å². The van der Waals surface area contributed by atoms with Crippen LogP contribution in [0.2, 0.25) is 0 Å². The standard InChI is InChI=1S/C16H21BrN2OS/c1-4-19-15(16(17)12(3)18-19)9-13(20)10-21-14-7-5-11(2)6-8-14/h5-8,13,20H,4,9-10H2,1-3H3. The molecule has 1 N–H and O–H groups in total. The minimum Gasteiger partial charge on any atom is -0.392 e. The lowest BCUT2D eigenvalue weighted by Gasteiger charge is -2.12. The number of aromatic nitrogens is 2. The number of aliphatic hydroxyl groups is 1. The van der Waals surface area contributed by atoms with Gasteiger partial charge in [0.05, 0.1) is 22.0 Å². The Balaban J connectivity index is 1.95. The molecule has 0 fully saturated rings. The Hall–Kier alpha value is -0.780. The molecule has 0 aliphatic carbocycles. The third kappa shape index (κ3) is 4.34. The largest absolute Gasteiger partial charge is 0.392 e. The first-order valence-electron chi connectivity index (χ1n) is 7.10. The molecule has 0 saturated carbocycles. The van der Waals surface area contributed by atoms with Crippen molar-refractivity contribution in [2.24, 2.45) is 0 Å². The monoisotopic (exact) mass is 368 g/mol. The van der Waals surface area contributed by atoms with Crippen LogP contribution in [-0.4, -0.2) is 26.7 Å². The van der Waals surface area contributed by atoms with Gasteiger partial charge in [0.15, 0.2) is 0 Å². The first kappa shape index (κ1) is 16.6. The summed E-state index contributed by atoms with van der Waals surface area (Å²) in [5.74, 6) is 0.684. The van der Waals surface area contributed by atoms with Crippen molar-refractivity contribution in [3.63, 3.8) is 0 Å². The summed E-state index contributed by atoms with van der Waals surface area (Å²) in [4.78, 5) is 1.19. The van der Waals surface area contributed by atoms with Gasteiger partial charge in [0.2, 0.25) is 0 Å². The van der Waals surface area contributed by atoms with E-state index in [9.17, 15) is 5.11 Å². The summed E-state index contributed by atoms with van der Waals surface area (Å²) in [6.07, 6.45) is 0.239. The van der Waals surface area contributed by atoms with E-state index in [1.54, 1.807) is 11.8 Å². The van der Waals surface area contributed by atoms with Gasteiger partial charge < -0.3 is 5.11 Å². The smallest absolute Gasteiger partial charge is 0.0738 e. The van der Waals surface area contributed by atoms with Crippen molar-refractivity contribution in [3.8, 4) is 0 Å². The summed E-state index contributed by atoms with van der Waals surface area (Å²) in [6, 6.07) is 8.40. The van der Waals surface area contributed by atoms with Gasteiger partial charge in [0, 0.05) is 23.6 Å². The van der Waals surface area contributed by atoms with Gasteiger partial charge in [-0.2, -0.15) is 5.10 Å². The van der Waals surface area contributed by atoms with Gasteiger partial charge in [-0.3, -0.25) is 4.68 Å². The summed E-state index contributed by atoms with van der Waals surface area (Å²) in [5.41, 5.74) is 3.31. The number of aryl methyl sites for hydroxylation is 3. The molecule has 3 nitrogen and oxygen atoms in total. The topological polar surface area (TPSA) is 38.0 Å². The van der Waals surface area contributed by atoms with E-state index in [2.05, 4.69) is 59.1 Å². The molecule has 1 heterocycles. The van der Waals surface area contributed by atoms with Crippen molar-refractivity contribution in [1.29, 1.82) is 0 Å². The number of rotatable bonds is 6. The van der Waals surface area contributed by atoms with Gasteiger partial charge >= 0.3 is 0 Å². The predicted octanol–water partition coefficient (Wildman–Crippen LogP) is 3.98. The second-order valence-electron chi connectivity index (χ2n) is 5.14. The molecule has 5 heteroatoms. The number of benzene rings is 1. The molecule has 0 aliphatic heterocycles. The minimum absolute atomic E-state index is 0.381. The Bertz CT molecular complexity index is 595. The number of thioether (sulfide) groups is 1.